The highest BCUT2D eigenvalue weighted by Crippen LogP contribution is 2.48. The zero-order chi connectivity index (χ0) is 13.4. The molecular weight excluding hydrogens is 232 g/mol. The van der Waals surface area contributed by atoms with Crippen LogP contribution in [0.15, 0.2) is 24.3 Å². The van der Waals surface area contributed by atoms with Gasteiger partial charge in [0, 0.05) is 25.3 Å². The Labute approximate surface area is 117 Å². The SMILES string of the molecule is C[C@@H](N)c1ccc(N(C)CC2CC3CCC2C3)cc1. The maximum atomic E-state index is 5.90. The molecular formula is C17H26N2. The fraction of sp³-hybridized carbons (Fsp3) is 0.647. The summed E-state index contributed by atoms with van der Waals surface area (Å²) in [6, 6.07) is 8.89. The molecule has 0 aromatic heterocycles. The van der Waals surface area contributed by atoms with Crippen LogP contribution in [0.5, 0.6) is 0 Å². The monoisotopic (exact) mass is 258 g/mol. The van der Waals surface area contributed by atoms with Gasteiger partial charge in [-0.05, 0) is 61.6 Å². The summed E-state index contributed by atoms with van der Waals surface area (Å²) in [6.07, 6.45) is 5.94. The summed E-state index contributed by atoms with van der Waals surface area (Å²) in [7, 11) is 2.23. The third-order valence-electron chi connectivity index (χ3n) is 5.25. The van der Waals surface area contributed by atoms with Gasteiger partial charge in [0.05, 0.1) is 0 Å². The van der Waals surface area contributed by atoms with Gasteiger partial charge in [0.25, 0.3) is 0 Å². The Morgan fingerprint density at radius 3 is 2.47 bits per heavy atom. The highest BCUT2D eigenvalue weighted by molar-refractivity contribution is 5.47. The molecule has 19 heavy (non-hydrogen) atoms. The number of fused-ring (bicyclic) bond motifs is 2. The van der Waals surface area contributed by atoms with Gasteiger partial charge < -0.3 is 10.6 Å². The van der Waals surface area contributed by atoms with E-state index in [0.29, 0.717) is 0 Å². The van der Waals surface area contributed by atoms with Crippen molar-refractivity contribution >= 4 is 5.69 Å². The van der Waals surface area contributed by atoms with Crippen LogP contribution in [0.1, 0.15) is 44.2 Å². The van der Waals surface area contributed by atoms with Crippen LogP contribution in [0.25, 0.3) is 0 Å². The summed E-state index contributed by atoms with van der Waals surface area (Å²) in [5.41, 5.74) is 8.45. The summed E-state index contributed by atoms with van der Waals surface area (Å²) >= 11 is 0. The second-order valence-corrected chi connectivity index (χ2v) is 6.70. The van der Waals surface area contributed by atoms with E-state index in [0.717, 1.165) is 17.8 Å². The van der Waals surface area contributed by atoms with Crippen LogP contribution >= 0.6 is 0 Å². The molecule has 3 unspecified atom stereocenters. The zero-order valence-electron chi connectivity index (χ0n) is 12.2. The van der Waals surface area contributed by atoms with Crippen molar-refractivity contribution in [2.24, 2.45) is 23.5 Å². The molecule has 3 rings (SSSR count). The highest BCUT2D eigenvalue weighted by atomic mass is 15.1. The molecule has 2 N–H and O–H groups in total. The number of hydrogen-bond donors (Lipinski definition) is 1. The van der Waals surface area contributed by atoms with E-state index in [1.165, 1.54) is 43.5 Å². The van der Waals surface area contributed by atoms with Crippen LogP contribution in [-0.4, -0.2) is 13.6 Å². The lowest BCUT2D eigenvalue weighted by molar-refractivity contribution is 0.337. The Kier molecular flexibility index (Phi) is 3.53. The number of rotatable bonds is 4. The maximum Gasteiger partial charge on any atom is 0.0363 e. The molecule has 2 saturated carbocycles. The van der Waals surface area contributed by atoms with Crippen LogP contribution in [0.2, 0.25) is 0 Å². The molecule has 2 heteroatoms. The van der Waals surface area contributed by atoms with E-state index in [4.69, 9.17) is 5.73 Å². The van der Waals surface area contributed by atoms with Gasteiger partial charge in [-0.25, -0.2) is 0 Å². The summed E-state index contributed by atoms with van der Waals surface area (Å²) < 4.78 is 0. The zero-order valence-corrected chi connectivity index (χ0v) is 12.2. The highest BCUT2D eigenvalue weighted by Gasteiger charge is 2.39. The molecule has 0 radical (unpaired) electrons. The standard InChI is InChI=1S/C17H26N2/c1-12(18)14-5-7-17(8-6-14)19(2)11-16-10-13-3-4-15(16)9-13/h5-8,12-13,15-16H,3-4,9-11,18H2,1-2H3/t12-,13?,15?,16?/m1/s1. The van der Waals surface area contributed by atoms with Crippen molar-refractivity contribution in [3.8, 4) is 0 Å². The maximum absolute atomic E-state index is 5.90. The number of nitrogens with zero attached hydrogens (tertiary/aromatic N) is 1. The lowest BCUT2D eigenvalue weighted by atomic mass is 9.88. The molecule has 0 saturated heterocycles. The molecule has 1 aromatic rings. The van der Waals surface area contributed by atoms with Crippen LogP contribution in [0, 0.1) is 17.8 Å². The Bertz CT molecular complexity index is 423. The predicted octanol–water partition coefficient (Wildman–Crippen LogP) is 3.58. The van der Waals surface area contributed by atoms with E-state index in [1.54, 1.807) is 0 Å². The Hall–Kier alpha value is -1.02. The van der Waals surface area contributed by atoms with Crippen molar-refractivity contribution < 1.29 is 0 Å². The third kappa shape index (κ3) is 2.64. The van der Waals surface area contributed by atoms with Crippen molar-refractivity contribution in [3.63, 3.8) is 0 Å². The Balaban J connectivity index is 1.62. The molecule has 2 nitrogen and oxygen atoms in total. The second kappa shape index (κ2) is 5.16. The summed E-state index contributed by atoms with van der Waals surface area (Å²) in [4.78, 5) is 2.43. The largest absolute Gasteiger partial charge is 0.374 e. The van der Waals surface area contributed by atoms with Gasteiger partial charge in [0.2, 0.25) is 0 Å². The van der Waals surface area contributed by atoms with E-state index in [1.807, 2.05) is 6.92 Å². The summed E-state index contributed by atoms with van der Waals surface area (Å²) in [6.45, 7) is 3.26. The van der Waals surface area contributed by atoms with E-state index in [9.17, 15) is 0 Å². The molecule has 0 heterocycles. The average molecular weight is 258 g/mol. The van der Waals surface area contributed by atoms with Crippen LogP contribution in [0.4, 0.5) is 5.69 Å². The first-order valence-electron chi connectivity index (χ1n) is 7.70. The van der Waals surface area contributed by atoms with E-state index in [-0.39, 0.29) is 6.04 Å². The molecule has 0 aliphatic heterocycles. The Morgan fingerprint density at radius 1 is 1.21 bits per heavy atom. The fourth-order valence-corrected chi connectivity index (χ4v) is 4.09. The smallest absolute Gasteiger partial charge is 0.0363 e. The number of anilines is 1. The molecule has 104 valence electrons. The molecule has 2 bridgehead atoms. The van der Waals surface area contributed by atoms with E-state index in [2.05, 4.69) is 36.2 Å². The average Bonchev–Trinajstić information content (AvgIpc) is 3.01. The first-order valence-corrected chi connectivity index (χ1v) is 7.70. The topological polar surface area (TPSA) is 29.3 Å². The molecule has 2 fully saturated rings. The first kappa shape index (κ1) is 13.0. The van der Waals surface area contributed by atoms with Gasteiger partial charge in [-0.15, -0.1) is 0 Å². The lowest BCUT2D eigenvalue weighted by Crippen LogP contribution is -2.28. The van der Waals surface area contributed by atoms with Gasteiger partial charge >= 0.3 is 0 Å². The molecule has 0 spiro atoms. The fourth-order valence-electron chi connectivity index (χ4n) is 4.09. The quantitative estimate of drug-likeness (QED) is 0.894. The summed E-state index contributed by atoms with van der Waals surface area (Å²) in [5.74, 6) is 2.98. The number of nitrogens with two attached hydrogens (primary N) is 1. The normalized spacial score (nSPS) is 30.6. The van der Waals surface area contributed by atoms with Crippen molar-refractivity contribution in [3.05, 3.63) is 29.8 Å². The Morgan fingerprint density at radius 2 is 1.95 bits per heavy atom. The van der Waals surface area contributed by atoms with Crippen molar-refractivity contribution in [2.45, 2.75) is 38.6 Å². The number of benzene rings is 1. The predicted molar refractivity (Wildman–Crippen MR) is 81.3 cm³/mol. The minimum Gasteiger partial charge on any atom is -0.374 e. The van der Waals surface area contributed by atoms with Crippen molar-refractivity contribution in [1.29, 1.82) is 0 Å². The van der Waals surface area contributed by atoms with Crippen LogP contribution in [-0.2, 0) is 0 Å². The molecule has 1 aromatic carbocycles. The lowest BCUT2D eigenvalue weighted by Gasteiger charge is -2.28. The summed E-state index contributed by atoms with van der Waals surface area (Å²) in [5, 5.41) is 0. The van der Waals surface area contributed by atoms with E-state index < -0.39 is 0 Å². The molecule has 0 amide bonds. The van der Waals surface area contributed by atoms with Gasteiger partial charge in [-0.3, -0.25) is 0 Å². The van der Waals surface area contributed by atoms with E-state index >= 15 is 0 Å². The minimum atomic E-state index is 0.130. The third-order valence-corrected chi connectivity index (χ3v) is 5.25. The van der Waals surface area contributed by atoms with Crippen molar-refractivity contribution in [1.82, 2.24) is 0 Å². The van der Waals surface area contributed by atoms with Gasteiger partial charge in [0.1, 0.15) is 0 Å². The molecule has 2 aliphatic carbocycles. The number of hydrogen-bond acceptors (Lipinski definition) is 2. The van der Waals surface area contributed by atoms with Gasteiger partial charge in [0.15, 0.2) is 0 Å². The second-order valence-electron chi connectivity index (χ2n) is 6.70. The minimum absolute atomic E-state index is 0.130. The van der Waals surface area contributed by atoms with Crippen molar-refractivity contribution in [2.75, 3.05) is 18.5 Å². The molecule has 2 aliphatic rings. The van der Waals surface area contributed by atoms with Crippen LogP contribution in [0.3, 0.4) is 0 Å². The first-order chi connectivity index (χ1) is 9.13. The van der Waals surface area contributed by atoms with Gasteiger partial charge in [-0.2, -0.15) is 0 Å². The molecule has 4 atom stereocenters. The van der Waals surface area contributed by atoms with Crippen LogP contribution < -0.4 is 10.6 Å². The van der Waals surface area contributed by atoms with Gasteiger partial charge in [-0.1, -0.05) is 18.6 Å².